The molecule has 0 aliphatic carbocycles. The minimum Gasteiger partial charge on any atom is -0.420 e. The first-order chi connectivity index (χ1) is 11.4. The largest absolute Gasteiger partial charge is 0.420 e. The monoisotopic (exact) mass is 325 g/mol. The van der Waals surface area contributed by atoms with Crippen LogP contribution in [0.15, 0.2) is 52.3 Å². The summed E-state index contributed by atoms with van der Waals surface area (Å²) >= 11 is 1.63. The predicted molar refractivity (Wildman–Crippen MR) is 91.3 cm³/mol. The lowest BCUT2D eigenvalue weighted by molar-refractivity contribution is 0.186. The highest BCUT2D eigenvalue weighted by molar-refractivity contribution is 7.13. The molecule has 23 heavy (non-hydrogen) atoms. The molecule has 1 aromatic carbocycles. The maximum atomic E-state index is 5.93. The SMILES string of the molecule is c1ccc(CN2CCC[C@H](c3nnc(-c4cccs4)o3)C2)cc1. The number of nitrogens with zero attached hydrogens (tertiary/aromatic N) is 3. The van der Waals surface area contributed by atoms with Gasteiger partial charge in [-0.05, 0) is 36.4 Å². The van der Waals surface area contributed by atoms with E-state index in [4.69, 9.17) is 4.42 Å². The van der Waals surface area contributed by atoms with Crippen LogP contribution in [0.4, 0.5) is 0 Å². The van der Waals surface area contributed by atoms with Gasteiger partial charge in [0.2, 0.25) is 5.89 Å². The van der Waals surface area contributed by atoms with Crippen molar-refractivity contribution in [1.82, 2.24) is 15.1 Å². The fourth-order valence-electron chi connectivity index (χ4n) is 3.14. The number of hydrogen-bond donors (Lipinski definition) is 0. The molecule has 1 aliphatic heterocycles. The summed E-state index contributed by atoms with van der Waals surface area (Å²) in [7, 11) is 0. The third-order valence-electron chi connectivity index (χ3n) is 4.28. The van der Waals surface area contributed by atoms with Gasteiger partial charge in [0.15, 0.2) is 0 Å². The number of benzene rings is 1. The second-order valence-electron chi connectivity index (χ2n) is 5.98. The second kappa shape index (κ2) is 6.64. The summed E-state index contributed by atoms with van der Waals surface area (Å²) in [6.45, 7) is 3.11. The van der Waals surface area contributed by atoms with E-state index in [0.29, 0.717) is 11.8 Å². The molecule has 0 bridgehead atoms. The molecule has 0 amide bonds. The zero-order valence-electron chi connectivity index (χ0n) is 12.9. The van der Waals surface area contributed by atoms with Crippen LogP contribution in [0.25, 0.3) is 10.8 Å². The minimum atomic E-state index is 0.341. The third-order valence-corrected chi connectivity index (χ3v) is 5.13. The van der Waals surface area contributed by atoms with Crippen molar-refractivity contribution >= 4 is 11.3 Å². The molecule has 0 N–H and O–H groups in total. The maximum absolute atomic E-state index is 5.93. The average molecular weight is 325 g/mol. The summed E-state index contributed by atoms with van der Waals surface area (Å²) in [6.07, 6.45) is 2.30. The number of piperidine rings is 1. The highest BCUT2D eigenvalue weighted by atomic mass is 32.1. The third kappa shape index (κ3) is 3.35. The van der Waals surface area contributed by atoms with Crippen LogP contribution in [-0.2, 0) is 6.54 Å². The molecular weight excluding hydrogens is 306 g/mol. The van der Waals surface area contributed by atoms with E-state index in [2.05, 4.69) is 45.4 Å². The molecule has 1 atom stereocenters. The summed E-state index contributed by atoms with van der Waals surface area (Å²) in [6, 6.07) is 14.7. The van der Waals surface area contributed by atoms with Crippen molar-refractivity contribution < 1.29 is 4.42 Å². The number of hydrogen-bond acceptors (Lipinski definition) is 5. The lowest BCUT2D eigenvalue weighted by atomic mass is 9.97. The van der Waals surface area contributed by atoms with Crippen molar-refractivity contribution in [1.29, 1.82) is 0 Å². The van der Waals surface area contributed by atoms with Gasteiger partial charge < -0.3 is 4.42 Å². The van der Waals surface area contributed by atoms with E-state index in [-0.39, 0.29) is 0 Å². The molecule has 5 heteroatoms. The normalized spacial score (nSPS) is 19.0. The minimum absolute atomic E-state index is 0.341. The molecule has 1 aliphatic rings. The van der Waals surface area contributed by atoms with E-state index in [0.717, 1.165) is 36.8 Å². The van der Waals surface area contributed by atoms with Gasteiger partial charge in [-0.1, -0.05) is 36.4 Å². The van der Waals surface area contributed by atoms with E-state index in [9.17, 15) is 0 Å². The Bertz CT molecular complexity index is 739. The molecule has 0 radical (unpaired) electrons. The first-order valence-corrected chi connectivity index (χ1v) is 8.90. The van der Waals surface area contributed by atoms with E-state index in [1.54, 1.807) is 11.3 Å². The Kier molecular flexibility index (Phi) is 4.22. The lowest BCUT2D eigenvalue weighted by Gasteiger charge is -2.31. The first kappa shape index (κ1) is 14.6. The van der Waals surface area contributed by atoms with Gasteiger partial charge in [0.1, 0.15) is 0 Å². The standard InChI is InChI=1S/C18H19N3OS/c1-2-6-14(7-3-1)12-21-10-4-8-15(13-21)17-19-20-18(22-17)16-9-5-11-23-16/h1-3,5-7,9,11,15H,4,8,10,12-13H2/t15-/m0/s1. The summed E-state index contributed by atoms with van der Waals surface area (Å²) in [5, 5.41) is 10.5. The van der Waals surface area contributed by atoms with Crippen LogP contribution in [-0.4, -0.2) is 28.2 Å². The van der Waals surface area contributed by atoms with Gasteiger partial charge in [-0.25, -0.2) is 0 Å². The fourth-order valence-corrected chi connectivity index (χ4v) is 3.79. The van der Waals surface area contributed by atoms with Gasteiger partial charge >= 0.3 is 0 Å². The molecule has 2 aromatic heterocycles. The maximum Gasteiger partial charge on any atom is 0.257 e. The molecule has 0 unspecified atom stereocenters. The smallest absolute Gasteiger partial charge is 0.257 e. The predicted octanol–water partition coefficient (Wildman–Crippen LogP) is 4.18. The van der Waals surface area contributed by atoms with E-state index >= 15 is 0 Å². The van der Waals surface area contributed by atoms with Crippen molar-refractivity contribution in [3.63, 3.8) is 0 Å². The van der Waals surface area contributed by atoms with Crippen molar-refractivity contribution in [2.24, 2.45) is 0 Å². The Labute approximate surface area is 139 Å². The Balaban J connectivity index is 1.45. The molecule has 1 fully saturated rings. The zero-order chi connectivity index (χ0) is 15.5. The van der Waals surface area contributed by atoms with Gasteiger partial charge in [0, 0.05) is 13.1 Å². The Morgan fingerprint density at radius 3 is 2.87 bits per heavy atom. The molecule has 0 spiro atoms. The summed E-state index contributed by atoms with van der Waals surface area (Å²) in [5.74, 6) is 1.77. The molecule has 3 aromatic rings. The van der Waals surface area contributed by atoms with E-state index in [1.165, 1.54) is 12.0 Å². The van der Waals surface area contributed by atoms with Crippen molar-refractivity contribution in [2.45, 2.75) is 25.3 Å². The number of rotatable bonds is 4. The summed E-state index contributed by atoms with van der Waals surface area (Å²) in [5.41, 5.74) is 1.36. The van der Waals surface area contributed by atoms with Crippen molar-refractivity contribution in [3.8, 4) is 10.8 Å². The molecule has 4 rings (SSSR count). The van der Waals surface area contributed by atoms with Gasteiger partial charge in [0.05, 0.1) is 10.8 Å². The Morgan fingerprint density at radius 1 is 1.13 bits per heavy atom. The molecule has 4 nitrogen and oxygen atoms in total. The first-order valence-electron chi connectivity index (χ1n) is 8.02. The fraction of sp³-hybridized carbons (Fsp3) is 0.333. The summed E-state index contributed by atoms with van der Waals surface area (Å²) in [4.78, 5) is 3.53. The summed E-state index contributed by atoms with van der Waals surface area (Å²) < 4.78 is 5.93. The second-order valence-corrected chi connectivity index (χ2v) is 6.93. The van der Waals surface area contributed by atoms with Crippen LogP contribution < -0.4 is 0 Å². The topological polar surface area (TPSA) is 42.2 Å². The van der Waals surface area contributed by atoms with Crippen LogP contribution in [0.1, 0.15) is 30.2 Å². The average Bonchev–Trinajstić information content (AvgIpc) is 3.28. The quantitative estimate of drug-likeness (QED) is 0.722. The Morgan fingerprint density at radius 2 is 2.04 bits per heavy atom. The van der Waals surface area contributed by atoms with Crippen molar-refractivity contribution in [3.05, 3.63) is 59.3 Å². The molecule has 118 valence electrons. The van der Waals surface area contributed by atoms with Crippen LogP contribution in [0.5, 0.6) is 0 Å². The molecular formula is C18H19N3OS. The highest BCUT2D eigenvalue weighted by Crippen LogP contribution is 2.30. The molecule has 3 heterocycles. The van der Waals surface area contributed by atoms with Crippen LogP contribution >= 0.6 is 11.3 Å². The van der Waals surface area contributed by atoms with Gasteiger partial charge in [-0.2, -0.15) is 0 Å². The van der Waals surface area contributed by atoms with Gasteiger partial charge in [0.25, 0.3) is 5.89 Å². The lowest BCUT2D eigenvalue weighted by Crippen LogP contribution is -2.34. The van der Waals surface area contributed by atoms with Crippen LogP contribution in [0.3, 0.4) is 0 Å². The van der Waals surface area contributed by atoms with Gasteiger partial charge in [-0.3, -0.25) is 4.90 Å². The van der Waals surface area contributed by atoms with Crippen LogP contribution in [0.2, 0.25) is 0 Å². The molecule has 1 saturated heterocycles. The number of aromatic nitrogens is 2. The zero-order valence-corrected chi connectivity index (χ0v) is 13.7. The highest BCUT2D eigenvalue weighted by Gasteiger charge is 2.26. The molecule has 0 saturated carbocycles. The Hall–Kier alpha value is -1.98. The van der Waals surface area contributed by atoms with E-state index in [1.807, 2.05) is 17.5 Å². The van der Waals surface area contributed by atoms with Crippen LogP contribution in [0, 0.1) is 0 Å². The number of thiophene rings is 1. The van der Waals surface area contributed by atoms with E-state index < -0.39 is 0 Å². The number of likely N-dealkylation sites (tertiary alicyclic amines) is 1. The van der Waals surface area contributed by atoms with Crippen molar-refractivity contribution in [2.75, 3.05) is 13.1 Å². The van der Waals surface area contributed by atoms with Gasteiger partial charge in [-0.15, -0.1) is 21.5 Å².